The molecule has 1 heterocycles. The van der Waals surface area contributed by atoms with Gasteiger partial charge in [-0.1, -0.05) is 0 Å². The van der Waals surface area contributed by atoms with Crippen LogP contribution in [0.25, 0.3) is 0 Å². The van der Waals surface area contributed by atoms with Crippen LogP contribution in [-0.4, -0.2) is 15.7 Å². The average molecular weight is 274 g/mol. The average Bonchev–Trinajstić information content (AvgIpc) is 2.15. The molecule has 9 heteroatoms. The van der Waals surface area contributed by atoms with Gasteiger partial charge < -0.3 is 4.98 Å². The summed E-state index contributed by atoms with van der Waals surface area (Å²) >= 11 is 4.52. The highest BCUT2D eigenvalue weighted by atomic mass is 32.1. The van der Waals surface area contributed by atoms with Crippen LogP contribution in [0.4, 0.5) is 22.0 Å². The molecule has 0 saturated carbocycles. The molecule has 1 aromatic heterocycles. The number of rotatable bonds is 2. The van der Waals surface area contributed by atoms with Crippen molar-refractivity contribution >= 4 is 12.2 Å². The van der Waals surface area contributed by atoms with E-state index in [1.165, 1.54) is 6.92 Å². The maximum absolute atomic E-state index is 12.9. The van der Waals surface area contributed by atoms with E-state index in [4.69, 9.17) is 0 Å². The zero-order valence-electron chi connectivity index (χ0n) is 8.44. The molecular weight excluding hydrogens is 267 g/mol. The van der Waals surface area contributed by atoms with Crippen LogP contribution in [-0.2, 0) is 12.5 Å². The molecule has 0 aromatic carbocycles. The highest BCUT2D eigenvalue weighted by Crippen LogP contribution is 2.42. The first kappa shape index (κ1) is 13.8. The van der Waals surface area contributed by atoms with Crippen molar-refractivity contribution in [3.8, 4) is 0 Å². The van der Waals surface area contributed by atoms with Gasteiger partial charge in [0.1, 0.15) is 5.69 Å². The summed E-state index contributed by atoms with van der Waals surface area (Å²) in [5, 5.41) is 0. The standard InChI is InChI=1S/C8H7F5N2OS/c1-2-15-5(16)3-4(14-6(15)17)7(9,10)8(11,12)13/h3H,2H2,1H3,(H,14,17). The number of hydrogen-bond donors (Lipinski definition) is 1. The predicted molar refractivity (Wildman–Crippen MR) is 51.5 cm³/mol. The van der Waals surface area contributed by atoms with Crippen molar-refractivity contribution in [1.82, 2.24) is 9.55 Å². The van der Waals surface area contributed by atoms with E-state index in [1.807, 2.05) is 0 Å². The van der Waals surface area contributed by atoms with Crippen molar-refractivity contribution in [3.05, 3.63) is 26.9 Å². The molecule has 96 valence electrons. The van der Waals surface area contributed by atoms with E-state index in [0.29, 0.717) is 0 Å². The molecular formula is C8H7F5N2OS. The van der Waals surface area contributed by atoms with Crippen molar-refractivity contribution in [1.29, 1.82) is 0 Å². The fraction of sp³-hybridized carbons (Fsp3) is 0.500. The Balaban J connectivity index is 3.47. The quantitative estimate of drug-likeness (QED) is 0.665. The first-order valence-electron chi connectivity index (χ1n) is 4.40. The molecule has 0 atom stereocenters. The Morgan fingerprint density at radius 3 is 2.24 bits per heavy atom. The number of H-pyrrole nitrogens is 1. The zero-order chi connectivity index (χ0) is 13.4. The molecule has 0 bridgehead atoms. The van der Waals surface area contributed by atoms with Crippen LogP contribution in [0.3, 0.4) is 0 Å². The molecule has 0 aliphatic carbocycles. The van der Waals surface area contributed by atoms with Crippen molar-refractivity contribution in [2.75, 3.05) is 0 Å². The van der Waals surface area contributed by atoms with Crippen molar-refractivity contribution in [2.24, 2.45) is 0 Å². The Kier molecular flexibility index (Phi) is 3.42. The third-order valence-electron chi connectivity index (χ3n) is 2.03. The van der Waals surface area contributed by atoms with Crippen LogP contribution in [0.1, 0.15) is 12.6 Å². The molecule has 1 rings (SSSR count). The van der Waals surface area contributed by atoms with Crippen molar-refractivity contribution in [3.63, 3.8) is 0 Å². The van der Waals surface area contributed by atoms with Crippen LogP contribution in [0, 0.1) is 4.77 Å². The lowest BCUT2D eigenvalue weighted by molar-refractivity contribution is -0.291. The molecule has 0 aliphatic heterocycles. The molecule has 0 unspecified atom stereocenters. The third kappa shape index (κ3) is 2.38. The summed E-state index contributed by atoms with van der Waals surface area (Å²) in [6.45, 7) is 1.58. The van der Waals surface area contributed by atoms with Gasteiger partial charge in [-0.25, -0.2) is 0 Å². The third-order valence-corrected chi connectivity index (χ3v) is 2.35. The van der Waals surface area contributed by atoms with E-state index in [-0.39, 0.29) is 12.6 Å². The summed E-state index contributed by atoms with van der Waals surface area (Å²) in [6.07, 6.45) is -5.78. The Morgan fingerprint density at radius 1 is 1.35 bits per heavy atom. The van der Waals surface area contributed by atoms with Crippen LogP contribution in [0.2, 0.25) is 0 Å². The minimum atomic E-state index is -5.78. The fourth-order valence-electron chi connectivity index (χ4n) is 1.14. The lowest BCUT2D eigenvalue weighted by Crippen LogP contribution is -2.36. The molecule has 17 heavy (non-hydrogen) atoms. The molecule has 1 N–H and O–H groups in total. The van der Waals surface area contributed by atoms with E-state index in [0.717, 1.165) is 4.57 Å². The summed E-state index contributed by atoms with van der Waals surface area (Å²) in [4.78, 5) is 13.0. The number of aromatic amines is 1. The van der Waals surface area contributed by atoms with Gasteiger partial charge in [0, 0.05) is 12.6 Å². The van der Waals surface area contributed by atoms with Crippen molar-refractivity contribution < 1.29 is 22.0 Å². The molecule has 0 saturated heterocycles. The number of nitrogens with zero attached hydrogens (tertiary/aromatic N) is 1. The predicted octanol–water partition coefficient (Wildman–Crippen LogP) is 2.58. The van der Waals surface area contributed by atoms with Crippen LogP contribution in [0.15, 0.2) is 10.9 Å². The lowest BCUT2D eigenvalue weighted by atomic mass is 10.2. The fourth-order valence-corrected chi connectivity index (χ4v) is 1.47. The molecule has 0 radical (unpaired) electrons. The van der Waals surface area contributed by atoms with Crippen LogP contribution in [0.5, 0.6) is 0 Å². The largest absolute Gasteiger partial charge is 0.459 e. The summed E-state index contributed by atoms with van der Waals surface area (Å²) < 4.78 is 62.4. The molecule has 0 spiro atoms. The highest BCUT2D eigenvalue weighted by Gasteiger charge is 2.59. The van der Waals surface area contributed by atoms with Gasteiger partial charge in [0.2, 0.25) is 0 Å². The van der Waals surface area contributed by atoms with Crippen LogP contribution < -0.4 is 5.56 Å². The second kappa shape index (κ2) is 4.21. The summed E-state index contributed by atoms with van der Waals surface area (Å²) in [5.41, 5.74) is -2.56. The van der Waals surface area contributed by atoms with Gasteiger partial charge in [0.05, 0.1) is 0 Å². The first-order valence-corrected chi connectivity index (χ1v) is 4.81. The van der Waals surface area contributed by atoms with Gasteiger partial charge in [0.15, 0.2) is 4.77 Å². The van der Waals surface area contributed by atoms with Gasteiger partial charge in [-0.15, -0.1) is 0 Å². The maximum atomic E-state index is 12.9. The minimum Gasteiger partial charge on any atom is -0.330 e. The first-order chi connectivity index (χ1) is 7.61. The normalized spacial score (nSPS) is 12.8. The number of alkyl halides is 5. The van der Waals surface area contributed by atoms with E-state index < -0.39 is 28.1 Å². The maximum Gasteiger partial charge on any atom is 0.459 e. The Morgan fingerprint density at radius 2 is 1.88 bits per heavy atom. The number of nitrogens with one attached hydrogen (secondary N) is 1. The van der Waals surface area contributed by atoms with E-state index in [1.54, 1.807) is 4.98 Å². The summed E-state index contributed by atoms with van der Waals surface area (Å²) in [6, 6.07) is 0.201. The molecule has 1 aromatic rings. The van der Waals surface area contributed by atoms with E-state index in [9.17, 15) is 26.7 Å². The number of halogens is 5. The monoisotopic (exact) mass is 274 g/mol. The Bertz CT molecular complexity index is 499. The second-order valence-corrected chi connectivity index (χ2v) is 3.53. The summed E-state index contributed by atoms with van der Waals surface area (Å²) in [5.74, 6) is -5.13. The second-order valence-electron chi connectivity index (χ2n) is 3.14. The van der Waals surface area contributed by atoms with Gasteiger partial charge in [0.25, 0.3) is 5.56 Å². The zero-order valence-corrected chi connectivity index (χ0v) is 9.25. The van der Waals surface area contributed by atoms with E-state index in [2.05, 4.69) is 12.2 Å². The molecule has 0 fully saturated rings. The smallest absolute Gasteiger partial charge is 0.330 e. The molecule has 3 nitrogen and oxygen atoms in total. The number of hydrogen-bond acceptors (Lipinski definition) is 2. The Hall–Kier alpha value is -1.25. The van der Waals surface area contributed by atoms with E-state index >= 15 is 0 Å². The highest BCUT2D eigenvalue weighted by molar-refractivity contribution is 7.71. The summed E-state index contributed by atoms with van der Waals surface area (Å²) in [7, 11) is 0. The van der Waals surface area contributed by atoms with Gasteiger partial charge in [-0.05, 0) is 19.1 Å². The van der Waals surface area contributed by atoms with Gasteiger partial charge >= 0.3 is 12.1 Å². The molecule has 0 aliphatic rings. The van der Waals surface area contributed by atoms with Gasteiger partial charge in [-0.3, -0.25) is 9.36 Å². The Labute approximate surface area is 96.9 Å². The lowest BCUT2D eigenvalue weighted by Gasteiger charge is -2.19. The SMILES string of the molecule is CCn1c(=O)cc(C(F)(F)C(F)(F)F)[nH]c1=S. The topological polar surface area (TPSA) is 37.8 Å². The van der Waals surface area contributed by atoms with Crippen LogP contribution >= 0.6 is 12.2 Å². The van der Waals surface area contributed by atoms with Crippen molar-refractivity contribution in [2.45, 2.75) is 25.6 Å². The van der Waals surface area contributed by atoms with Gasteiger partial charge in [-0.2, -0.15) is 22.0 Å². The number of aromatic nitrogens is 2. The molecule has 0 amide bonds. The minimum absolute atomic E-state index is 0.0754.